The molecular formula is C19H26NO3P. The van der Waals surface area contributed by atoms with Gasteiger partial charge in [-0.1, -0.05) is 24.3 Å². The van der Waals surface area contributed by atoms with Crippen molar-refractivity contribution in [2.75, 3.05) is 32.7 Å². The Morgan fingerprint density at radius 1 is 0.875 bits per heavy atom. The standard InChI is InChI=1S/C19H26NO3P/c1-5-22-24(23-6-2)19(15-7-11-17(20-3)12-8-15)16-9-13-18(21-4)14-10-16/h7-14,19-20H,5-6H2,1-4H3. The lowest BCUT2D eigenvalue weighted by Gasteiger charge is -2.26. The summed E-state index contributed by atoms with van der Waals surface area (Å²) in [5.74, 6) is 0.847. The summed E-state index contributed by atoms with van der Waals surface area (Å²) < 4.78 is 17.2. The smallest absolute Gasteiger partial charge is 0.183 e. The van der Waals surface area contributed by atoms with E-state index in [1.165, 1.54) is 11.1 Å². The molecule has 2 aromatic carbocycles. The highest BCUT2D eigenvalue weighted by molar-refractivity contribution is 7.48. The van der Waals surface area contributed by atoms with Crippen molar-refractivity contribution in [1.29, 1.82) is 0 Å². The molecule has 0 spiro atoms. The maximum atomic E-state index is 5.96. The molecule has 2 aromatic rings. The average Bonchev–Trinajstić information content (AvgIpc) is 2.63. The van der Waals surface area contributed by atoms with E-state index in [9.17, 15) is 0 Å². The van der Waals surface area contributed by atoms with Crippen LogP contribution in [0.15, 0.2) is 48.5 Å². The fourth-order valence-electron chi connectivity index (χ4n) is 2.49. The number of ether oxygens (including phenoxy) is 1. The topological polar surface area (TPSA) is 39.7 Å². The monoisotopic (exact) mass is 347 g/mol. The number of benzene rings is 2. The van der Waals surface area contributed by atoms with Crippen LogP contribution in [0.25, 0.3) is 0 Å². The Balaban J connectivity index is 2.41. The summed E-state index contributed by atoms with van der Waals surface area (Å²) in [6.07, 6.45) is 0. The summed E-state index contributed by atoms with van der Waals surface area (Å²) in [6.45, 7) is 5.27. The minimum atomic E-state index is -1.07. The largest absolute Gasteiger partial charge is 0.497 e. The van der Waals surface area contributed by atoms with Crippen LogP contribution < -0.4 is 10.1 Å². The third-order valence-corrected chi connectivity index (χ3v) is 5.71. The first-order chi connectivity index (χ1) is 11.7. The van der Waals surface area contributed by atoms with Crippen LogP contribution in [0.5, 0.6) is 5.75 Å². The summed E-state index contributed by atoms with van der Waals surface area (Å²) in [4.78, 5) is 0. The first kappa shape index (κ1) is 18.7. The van der Waals surface area contributed by atoms with Gasteiger partial charge in [-0.2, -0.15) is 0 Å². The SMILES string of the molecule is CCOP(OCC)C(c1ccc(NC)cc1)c1ccc(OC)cc1. The molecule has 0 aromatic heterocycles. The highest BCUT2D eigenvalue weighted by atomic mass is 31.2. The van der Waals surface area contributed by atoms with Crippen molar-refractivity contribution in [3.05, 3.63) is 59.7 Å². The molecule has 2 rings (SSSR count). The van der Waals surface area contributed by atoms with E-state index < -0.39 is 8.38 Å². The molecule has 4 nitrogen and oxygen atoms in total. The first-order valence-electron chi connectivity index (χ1n) is 8.20. The predicted octanol–water partition coefficient (Wildman–Crippen LogP) is 5.21. The lowest BCUT2D eigenvalue weighted by molar-refractivity contribution is 0.265. The summed E-state index contributed by atoms with van der Waals surface area (Å²) in [5, 5.41) is 3.15. The van der Waals surface area contributed by atoms with Crippen LogP contribution in [-0.4, -0.2) is 27.4 Å². The molecule has 5 heteroatoms. The minimum Gasteiger partial charge on any atom is -0.497 e. The van der Waals surface area contributed by atoms with Gasteiger partial charge in [-0.25, -0.2) is 0 Å². The van der Waals surface area contributed by atoms with E-state index >= 15 is 0 Å². The van der Waals surface area contributed by atoms with Crippen LogP contribution in [0.4, 0.5) is 5.69 Å². The van der Waals surface area contributed by atoms with Gasteiger partial charge in [-0.05, 0) is 49.2 Å². The lowest BCUT2D eigenvalue weighted by Crippen LogP contribution is -2.05. The molecule has 0 amide bonds. The third kappa shape index (κ3) is 4.70. The number of anilines is 1. The van der Waals surface area contributed by atoms with E-state index in [1.807, 2.05) is 33.0 Å². The molecule has 0 aliphatic carbocycles. The second kappa shape index (κ2) is 9.63. The van der Waals surface area contributed by atoms with Gasteiger partial charge in [0.1, 0.15) is 5.75 Å². The van der Waals surface area contributed by atoms with Crippen LogP contribution in [0.3, 0.4) is 0 Å². The van der Waals surface area contributed by atoms with Crippen LogP contribution in [0.2, 0.25) is 0 Å². The third-order valence-electron chi connectivity index (χ3n) is 3.67. The van der Waals surface area contributed by atoms with Crippen molar-refractivity contribution >= 4 is 14.1 Å². The van der Waals surface area contributed by atoms with Crippen LogP contribution in [0.1, 0.15) is 30.6 Å². The number of rotatable bonds is 9. The highest BCUT2D eigenvalue weighted by Crippen LogP contribution is 2.56. The zero-order valence-electron chi connectivity index (χ0n) is 14.8. The maximum Gasteiger partial charge on any atom is 0.183 e. The van der Waals surface area contributed by atoms with Gasteiger partial charge in [0, 0.05) is 12.7 Å². The summed E-state index contributed by atoms with van der Waals surface area (Å²) in [7, 11) is 2.53. The Morgan fingerprint density at radius 2 is 1.38 bits per heavy atom. The summed E-state index contributed by atoms with van der Waals surface area (Å²) >= 11 is 0. The van der Waals surface area contributed by atoms with Crippen LogP contribution >= 0.6 is 8.38 Å². The lowest BCUT2D eigenvalue weighted by atomic mass is 10.0. The molecule has 0 radical (unpaired) electrons. The van der Waals surface area contributed by atoms with E-state index in [4.69, 9.17) is 13.8 Å². The Labute approximate surface area is 146 Å². The molecule has 1 atom stereocenters. The number of methoxy groups -OCH3 is 1. The molecule has 130 valence electrons. The Hall–Kier alpha value is -1.61. The van der Waals surface area contributed by atoms with Gasteiger partial charge >= 0.3 is 0 Å². The molecule has 0 heterocycles. The van der Waals surface area contributed by atoms with Crippen molar-refractivity contribution < 1.29 is 13.8 Å². The molecule has 0 saturated heterocycles. The second-order valence-corrected chi connectivity index (χ2v) is 6.77. The van der Waals surface area contributed by atoms with Crippen molar-refractivity contribution in [2.45, 2.75) is 19.5 Å². The quantitative estimate of drug-likeness (QED) is 0.632. The zero-order valence-corrected chi connectivity index (χ0v) is 15.7. The maximum absolute atomic E-state index is 5.96. The fourth-order valence-corrected chi connectivity index (χ4v) is 4.21. The highest BCUT2D eigenvalue weighted by Gasteiger charge is 2.27. The van der Waals surface area contributed by atoms with E-state index in [0.717, 1.165) is 11.4 Å². The van der Waals surface area contributed by atoms with Crippen LogP contribution in [0, 0.1) is 0 Å². The molecule has 1 N–H and O–H groups in total. The molecular weight excluding hydrogens is 321 g/mol. The van der Waals surface area contributed by atoms with Crippen LogP contribution in [-0.2, 0) is 9.05 Å². The van der Waals surface area contributed by atoms with Gasteiger partial charge in [0.2, 0.25) is 0 Å². The Bertz CT molecular complexity index is 548. The minimum absolute atomic E-state index is 0.0664. The number of hydrogen-bond acceptors (Lipinski definition) is 4. The number of hydrogen-bond donors (Lipinski definition) is 1. The van der Waals surface area contributed by atoms with Crippen molar-refractivity contribution in [2.24, 2.45) is 0 Å². The van der Waals surface area contributed by atoms with Crippen molar-refractivity contribution in [1.82, 2.24) is 0 Å². The molecule has 0 fully saturated rings. The van der Waals surface area contributed by atoms with Gasteiger partial charge in [0.25, 0.3) is 0 Å². The molecule has 24 heavy (non-hydrogen) atoms. The molecule has 0 saturated carbocycles. The van der Waals surface area contributed by atoms with Gasteiger partial charge in [-0.3, -0.25) is 0 Å². The Kier molecular flexibility index (Phi) is 7.51. The van der Waals surface area contributed by atoms with Crippen molar-refractivity contribution in [3.63, 3.8) is 0 Å². The average molecular weight is 347 g/mol. The molecule has 0 aliphatic heterocycles. The summed E-state index contributed by atoms with van der Waals surface area (Å²) in [5.41, 5.74) is 3.51. The van der Waals surface area contributed by atoms with E-state index in [2.05, 4.69) is 41.7 Å². The van der Waals surface area contributed by atoms with E-state index in [1.54, 1.807) is 7.11 Å². The van der Waals surface area contributed by atoms with Gasteiger partial charge in [0.05, 0.1) is 26.0 Å². The van der Waals surface area contributed by atoms with Gasteiger partial charge in [-0.15, -0.1) is 0 Å². The number of nitrogens with one attached hydrogen (secondary N) is 1. The van der Waals surface area contributed by atoms with E-state index in [0.29, 0.717) is 13.2 Å². The summed E-state index contributed by atoms with van der Waals surface area (Å²) in [6, 6.07) is 16.6. The second-order valence-electron chi connectivity index (χ2n) is 5.17. The Morgan fingerprint density at radius 3 is 1.79 bits per heavy atom. The molecule has 1 unspecified atom stereocenters. The zero-order chi connectivity index (χ0) is 17.4. The predicted molar refractivity (Wildman–Crippen MR) is 101 cm³/mol. The molecule has 0 bridgehead atoms. The normalized spacial score (nSPS) is 12.2. The van der Waals surface area contributed by atoms with E-state index in [-0.39, 0.29) is 5.66 Å². The first-order valence-corrected chi connectivity index (χ1v) is 9.44. The van der Waals surface area contributed by atoms with Gasteiger partial charge in [0.15, 0.2) is 8.38 Å². The van der Waals surface area contributed by atoms with Crippen molar-refractivity contribution in [3.8, 4) is 5.75 Å². The van der Waals surface area contributed by atoms with Gasteiger partial charge < -0.3 is 19.1 Å². The molecule has 0 aliphatic rings. The fraction of sp³-hybridized carbons (Fsp3) is 0.368.